The lowest BCUT2D eigenvalue weighted by atomic mass is 10.1. The highest BCUT2D eigenvalue weighted by molar-refractivity contribution is 9.10. The van der Waals surface area contributed by atoms with Crippen LogP contribution in [0.1, 0.15) is 24.3 Å². The third kappa shape index (κ3) is 3.58. The fourth-order valence-electron chi connectivity index (χ4n) is 1.71. The molecule has 2 rings (SSSR count). The molecule has 0 aliphatic rings. The van der Waals surface area contributed by atoms with Crippen LogP contribution < -0.4 is 5.32 Å². The maximum atomic E-state index is 12.8. The highest BCUT2D eigenvalue weighted by atomic mass is 79.9. The number of halogens is 5. The van der Waals surface area contributed by atoms with Crippen LogP contribution in [0, 0.1) is 0 Å². The van der Waals surface area contributed by atoms with E-state index in [0.717, 1.165) is 6.07 Å². The van der Waals surface area contributed by atoms with Gasteiger partial charge in [-0.1, -0.05) is 15.9 Å². The van der Waals surface area contributed by atoms with Gasteiger partial charge in [-0.25, -0.2) is 0 Å². The molecule has 0 spiro atoms. The molecule has 2 aromatic rings. The van der Waals surface area contributed by atoms with Crippen molar-refractivity contribution >= 4 is 37.5 Å². The van der Waals surface area contributed by atoms with E-state index in [1.54, 1.807) is 25.1 Å². The number of nitrogens with one attached hydrogen (secondary N) is 1. The summed E-state index contributed by atoms with van der Waals surface area (Å²) >= 11 is 6.09. The van der Waals surface area contributed by atoms with Crippen LogP contribution in [0.3, 0.4) is 0 Å². The van der Waals surface area contributed by atoms with Crippen LogP contribution in [0.25, 0.3) is 0 Å². The topological polar surface area (TPSA) is 25.2 Å². The minimum atomic E-state index is -4.40. The Morgan fingerprint density at radius 2 is 1.85 bits per heavy atom. The summed E-state index contributed by atoms with van der Waals surface area (Å²) in [4.78, 5) is 0. The predicted octanol–water partition coefficient (Wildman–Crippen LogP) is 6.00. The number of rotatable bonds is 3. The molecule has 0 aliphatic heterocycles. The molecule has 2 nitrogen and oxygen atoms in total. The zero-order valence-corrected chi connectivity index (χ0v) is 13.4. The van der Waals surface area contributed by atoms with Crippen molar-refractivity contribution in [2.75, 3.05) is 5.32 Å². The Balaban J connectivity index is 2.22. The first-order valence-corrected chi connectivity index (χ1v) is 7.24. The van der Waals surface area contributed by atoms with E-state index in [4.69, 9.17) is 4.42 Å². The molecular weight excluding hydrogens is 403 g/mol. The normalized spacial score (nSPS) is 13.3. The molecule has 1 unspecified atom stereocenters. The van der Waals surface area contributed by atoms with E-state index in [2.05, 4.69) is 37.2 Å². The molecule has 1 aromatic heterocycles. The molecule has 1 N–H and O–H groups in total. The van der Waals surface area contributed by atoms with Crippen LogP contribution in [0.4, 0.5) is 18.9 Å². The molecule has 108 valence electrons. The van der Waals surface area contributed by atoms with Gasteiger partial charge in [0.05, 0.1) is 11.6 Å². The zero-order chi connectivity index (χ0) is 14.9. The second-order valence-corrected chi connectivity index (χ2v) is 5.84. The molecule has 0 radical (unpaired) electrons. The third-order valence-electron chi connectivity index (χ3n) is 2.68. The smallest absolute Gasteiger partial charge is 0.417 e. The molecule has 1 atom stereocenters. The summed E-state index contributed by atoms with van der Waals surface area (Å²) in [6.07, 6.45) is -4.40. The number of hydrogen-bond donors (Lipinski definition) is 1. The number of furan rings is 1. The second kappa shape index (κ2) is 5.81. The van der Waals surface area contributed by atoms with Crippen molar-refractivity contribution in [3.63, 3.8) is 0 Å². The van der Waals surface area contributed by atoms with Gasteiger partial charge in [0, 0.05) is 10.2 Å². The Kier molecular flexibility index (Phi) is 4.49. The summed E-state index contributed by atoms with van der Waals surface area (Å²) < 4.78 is 44.4. The minimum Gasteiger partial charge on any atom is -0.452 e. The Labute approximate surface area is 130 Å². The molecule has 0 bridgehead atoms. The molecular formula is C13H10Br2F3NO. The first-order chi connectivity index (χ1) is 9.27. The number of alkyl halides is 3. The number of benzene rings is 1. The van der Waals surface area contributed by atoms with Crippen LogP contribution in [-0.2, 0) is 6.18 Å². The van der Waals surface area contributed by atoms with Crippen molar-refractivity contribution in [1.29, 1.82) is 0 Å². The number of anilines is 1. The maximum Gasteiger partial charge on any atom is 0.417 e. The van der Waals surface area contributed by atoms with Gasteiger partial charge in [-0.05, 0) is 53.2 Å². The van der Waals surface area contributed by atoms with E-state index in [1.165, 1.54) is 6.07 Å². The first kappa shape index (κ1) is 15.4. The Hall–Kier alpha value is -0.950. The fourth-order valence-corrected chi connectivity index (χ4v) is 2.50. The average molecular weight is 413 g/mol. The summed E-state index contributed by atoms with van der Waals surface area (Å²) in [7, 11) is 0. The van der Waals surface area contributed by atoms with Crippen LogP contribution in [-0.4, -0.2) is 0 Å². The van der Waals surface area contributed by atoms with Crippen LogP contribution in [0.2, 0.25) is 0 Å². The number of hydrogen-bond acceptors (Lipinski definition) is 2. The van der Waals surface area contributed by atoms with Gasteiger partial charge in [0.25, 0.3) is 0 Å². The first-order valence-electron chi connectivity index (χ1n) is 5.66. The Morgan fingerprint density at radius 1 is 1.15 bits per heavy atom. The van der Waals surface area contributed by atoms with Gasteiger partial charge in [-0.2, -0.15) is 13.2 Å². The lowest BCUT2D eigenvalue weighted by Gasteiger charge is -2.16. The lowest BCUT2D eigenvalue weighted by molar-refractivity contribution is -0.138. The lowest BCUT2D eigenvalue weighted by Crippen LogP contribution is -2.09. The van der Waals surface area contributed by atoms with Crippen molar-refractivity contribution in [2.45, 2.75) is 19.1 Å². The maximum absolute atomic E-state index is 12.8. The van der Waals surface area contributed by atoms with Crippen LogP contribution >= 0.6 is 31.9 Å². The predicted molar refractivity (Wildman–Crippen MR) is 77.6 cm³/mol. The van der Waals surface area contributed by atoms with Gasteiger partial charge in [0.15, 0.2) is 4.67 Å². The van der Waals surface area contributed by atoms with Gasteiger partial charge in [-0.15, -0.1) is 0 Å². The SMILES string of the molecule is CC(Nc1ccc(Br)c(C(F)(F)F)c1)c1ccc(Br)o1. The summed E-state index contributed by atoms with van der Waals surface area (Å²) in [5.74, 6) is 0.633. The van der Waals surface area contributed by atoms with Crippen molar-refractivity contribution in [1.82, 2.24) is 0 Å². The second-order valence-electron chi connectivity index (χ2n) is 4.20. The standard InChI is InChI=1S/C13H10Br2F3NO/c1-7(11-4-5-12(15)20-11)19-8-2-3-10(14)9(6-8)13(16,17)18/h2-7,19H,1H3. The third-order valence-corrected chi connectivity index (χ3v) is 3.79. The molecule has 0 aliphatic carbocycles. The van der Waals surface area contributed by atoms with Gasteiger partial charge in [-0.3, -0.25) is 0 Å². The van der Waals surface area contributed by atoms with Crippen molar-refractivity contribution in [3.05, 3.63) is 50.8 Å². The van der Waals surface area contributed by atoms with E-state index in [9.17, 15) is 13.2 Å². The van der Waals surface area contributed by atoms with Crippen molar-refractivity contribution < 1.29 is 17.6 Å². The summed E-state index contributed by atoms with van der Waals surface area (Å²) in [6, 6.07) is 7.26. The summed E-state index contributed by atoms with van der Waals surface area (Å²) in [6.45, 7) is 1.81. The van der Waals surface area contributed by atoms with E-state index in [1.807, 2.05) is 0 Å². The summed E-state index contributed by atoms with van der Waals surface area (Å²) in [5.41, 5.74) is -0.337. The van der Waals surface area contributed by atoms with Crippen molar-refractivity contribution in [2.24, 2.45) is 0 Å². The van der Waals surface area contributed by atoms with Crippen LogP contribution in [0.15, 0.2) is 43.9 Å². The quantitative estimate of drug-likeness (QED) is 0.669. The molecule has 7 heteroatoms. The fraction of sp³-hybridized carbons (Fsp3) is 0.231. The highest BCUT2D eigenvalue weighted by Crippen LogP contribution is 2.37. The Bertz CT molecular complexity index is 610. The van der Waals surface area contributed by atoms with Gasteiger partial charge in [0.2, 0.25) is 0 Å². The molecule has 20 heavy (non-hydrogen) atoms. The van der Waals surface area contributed by atoms with E-state index in [-0.39, 0.29) is 10.5 Å². The van der Waals surface area contributed by atoms with E-state index < -0.39 is 11.7 Å². The average Bonchev–Trinajstić information content (AvgIpc) is 2.77. The van der Waals surface area contributed by atoms with Gasteiger partial charge < -0.3 is 9.73 Å². The summed E-state index contributed by atoms with van der Waals surface area (Å²) in [5, 5.41) is 2.98. The largest absolute Gasteiger partial charge is 0.452 e. The van der Waals surface area contributed by atoms with Gasteiger partial charge >= 0.3 is 6.18 Å². The van der Waals surface area contributed by atoms with Gasteiger partial charge in [0.1, 0.15) is 5.76 Å². The minimum absolute atomic E-state index is 0.0175. The molecule has 0 amide bonds. The van der Waals surface area contributed by atoms with E-state index in [0.29, 0.717) is 16.1 Å². The molecule has 0 fully saturated rings. The molecule has 0 saturated carbocycles. The van der Waals surface area contributed by atoms with Crippen molar-refractivity contribution in [3.8, 4) is 0 Å². The monoisotopic (exact) mass is 411 g/mol. The molecule has 1 heterocycles. The van der Waals surface area contributed by atoms with E-state index >= 15 is 0 Å². The molecule has 1 aromatic carbocycles. The van der Waals surface area contributed by atoms with Crippen LogP contribution in [0.5, 0.6) is 0 Å². The zero-order valence-electron chi connectivity index (χ0n) is 10.3. The molecule has 0 saturated heterocycles. The highest BCUT2D eigenvalue weighted by Gasteiger charge is 2.33. The Morgan fingerprint density at radius 3 is 2.40 bits per heavy atom.